The van der Waals surface area contributed by atoms with Crippen LogP contribution in [0.5, 0.6) is 11.5 Å². The van der Waals surface area contributed by atoms with E-state index in [1.54, 1.807) is 51.1 Å². The zero-order chi connectivity index (χ0) is 33.3. The summed E-state index contributed by atoms with van der Waals surface area (Å²) in [6.07, 6.45) is -9.16. The van der Waals surface area contributed by atoms with Gasteiger partial charge in [-0.2, -0.15) is 17.6 Å². The van der Waals surface area contributed by atoms with Gasteiger partial charge in [-0.05, 0) is 86.3 Å². The zero-order valence-corrected chi connectivity index (χ0v) is 27.9. The molecule has 44 heavy (non-hydrogen) atoms. The van der Waals surface area contributed by atoms with Crippen LogP contribution in [-0.4, -0.2) is 29.8 Å². The molecule has 0 aliphatic rings. The molecular formula is C32H39F6NO3SSi. The Balaban J connectivity index is 2.33. The molecule has 0 spiro atoms. The lowest BCUT2D eigenvalue weighted by atomic mass is 9.78. The second-order valence-electron chi connectivity index (χ2n) is 13.2. The fourth-order valence-corrected chi connectivity index (χ4v) is 6.04. The number of benzene rings is 3. The highest BCUT2D eigenvalue weighted by Crippen LogP contribution is 2.42. The predicted molar refractivity (Wildman–Crippen MR) is 164 cm³/mol. The van der Waals surface area contributed by atoms with E-state index in [1.165, 1.54) is 12.1 Å². The molecule has 0 aliphatic heterocycles. The van der Waals surface area contributed by atoms with Crippen LogP contribution in [0.15, 0.2) is 66.7 Å². The average molecular weight is 660 g/mol. The van der Waals surface area contributed by atoms with Crippen LogP contribution < -0.4 is 13.9 Å². The van der Waals surface area contributed by atoms with Gasteiger partial charge in [-0.3, -0.25) is 0 Å². The molecule has 0 fully saturated rings. The highest BCUT2D eigenvalue weighted by molar-refractivity contribution is 7.84. The third-order valence-electron chi connectivity index (χ3n) is 7.60. The van der Waals surface area contributed by atoms with Crippen molar-refractivity contribution in [1.82, 2.24) is 4.72 Å². The van der Waals surface area contributed by atoms with Crippen LogP contribution >= 0.6 is 0 Å². The average Bonchev–Trinajstić information content (AvgIpc) is 2.88. The SMILES string of the molecule is CC(C)(C)[S@](=O)NC(Cc1ccccc1)(c1cc(F)cc(OC(F)(F)C(F)F)c1)c1ccc(O[Si](C)(C)C(C)(C)C)c(F)c1. The number of rotatable bonds is 11. The molecule has 3 rings (SSSR count). The van der Waals surface area contributed by atoms with Gasteiger partial charge < -0.3 is 9.16 Å². The standard InChI is InChI=1S/C32H39F6NO3SSi/c1-29(2,3)43(40)39-31(20-21-12-10-9-11-13-21,23-16-24(33)19-25(17-23)41-32(37,38)28(35)36)22-14-15-27(26(34)18-22)42-44(7,8)30(4,5)6/h9-19,28,39H,20H2,1-8H3/t31?,43-/m0/s1. The normalized spacial score (nSPS) is 15.2. The minimum Gasteiger partial charge on any atom is -0.542 e. The molecule has 3 aromatic rings. The van der Waals surface area contributed by atoms with Crippen molar-refractivity contribution in [3.63, 3.8) is 0 Å². The zero-order valence-electron chi connectivity index (χ0n) is 26.0. The van der Waals surface area contributed by atoms with Crippen molar-refractivity contribution in [1.29, 1.82) is 0 Å². The number of hydrogen-bond acceptors (Lipinski definition) is 3. The van der Waals surface area contributed by atoms with E-state index in [0.717, 1.165) is 18.2 Å². The van der Waals surface area contributed by atoms with E-state index in [1.807, 2.05) is 33.9 Å². The minimum atomic E-state index is -4.91. The van der Waals surface area contributed by atoms with Crippen LogP contribution in [0.25, 0.3) is 0 Å². The third-order valence-corrected chi connectivity index (χ3v) is 13.6. The molecule has 2 atom stereocenters. The molecule has 0 aromatic heterocycles. The number of ether oxygens (including phenoxy) is 1. The smallest absolute Gasteiger partial charge is 0.461 e. The van der Waals surface area contributed by atoms with Crippen LogP contribution in [0, 0.1) is 11.6 Å². The van der Waals surface area contributed by atoms with Crippen molar-refractivity contribution in [3.05, 3.63) is 95.1 Å². The van der Waals surface area contributed by atoms with E-state index in [-0.39, 0.29) is 28.3 Å². The Labute approximate surface area is 258 Å². The summed E-state index contributed by atoms with van der Waals surface area (Å²) in [7, 11) is -4.35. The largest absolute Gasteiger partial charge is 0.542 e. The first kappa shape index (κ1) is 35.6. The summed E-state index contributed by atoms with van der Waals surface area (Å²) in [6.45, 7) is 15.0. The van der Waals surface area contributed by atoms with Gasteiger partial charge in [0.2, 0.25) is 0 Å². The van der Waals surface area contributed by atoms with Crippen LogP contribution in [0.3, 0.4) is 0 Å². The van der Waals surface area contributed by atoms with E-state index < -0.39 is 59.5 Å². The summed E-state index contributed by atoms with van der Waals surface area (Å²) in [5.74, 6) is -2.72. The molecule has 0 saturated carbocycles. The van der Waals surface area contributed by atoms with Gasteiger partial charge in [-0.25, -0.2) is 17.7 Å². The molecule has 0 bridgehead atoms. The van der Waals surface area contributed by atoms with Gasteiger partial charge in [0.25, 0.3) is 8.32 Å². The van der Waals surface area contributed by atoms with Gasteiger partial charge in [0.05, 0.1) is 21.3 Å². The summed E-state index contributed by atoms with van der Waals surface area (Å²) in [4.78, 5) is 0. The maximum absolute atomic E-state index is 15.9. The highest BCUT2D eigenvalue weighted by Gasteiger charge is 2.45. The molecular weight excluding hydrogens is 620 g/mol. The Kier molecular flexibility index (Phi) is 10.4. The Bertz CT molecular complexity index is 1480. The second kappa shape index (κ2) is 12.9. The van der Waals surface area contributed by atoms with E-state index in [0.29, 0.717) is 11.6 Å². The summed E-state index contributed by atoms with van der Waals surface area (Å²) < 4.78 is 111. The van der Waals surface area contributed by atoms with Crippen molar-refractivity contribution in [2.45, 2.75) is 88.9 Å². The fraction of sp³-hybridized carbons (Fsp3) is 0.438. The van der Waals surface area contributed by atoms with Crippen LogP contribution in [-0.2, 0) is 22.9 Å². The van der Waals surface area contributed by atoms with E-state index in [4.69, 9.17) is 4.43 Å². The first-order valence-corrected chi connectivity index (χ1v) is 18.0. The lowest BCUT2D eigenvalue weighted by molar-refractivity contribution is -0.253. The Hall–Kier alpha value is -2.83. The lowest BCUT2D eigenvalue weighted by Gasteiger charge is -2.39. The molecule has 12 heteroatoms. The van der Waals surface area contributed by atoms with Gasteiger partial charge in [-0.1, -0.05) is 57.2 Å². The molecule has 3 aromatic carbocycles. The van der Waals surface area contributed by atoms with Gasteiger partial charge in [0, 0.05) is 6.07 Å². The van der Waals surface area contributed by atoms with E-state index in [9.17, 15) is 21.8 Å². The monoisotopic (exact) mass is 659 g/mol. The predicted octanol–water partition coefficient (Wildman–Crippen LogP) is 9.12. The molecule has 0 amide bonds. The number of hydrogen-bond donors (Lipinski definition) is 1. The van der Waals surface area contributed by atoms with Crippen LogP contribution in [0.1, 0.15) is 58.2 Å². The molecule has 242 valence electrons. The summed E-state index contributed by atoms with van der Waals surface area (Å²) in [5, 5.41) is -0.238. The van der Waals surface area contributed by atoms with Gasteiger partial charge in [0.15, 0.2) is 5.82 Å². The lowest BCUT2D eigenvalue weighted by Crippen LogP contribution is -2.50. The first-order valence-electron chi connectivity index (χ1n) is 14.0. The molecule has 4 nitrogen and oxygen atoms in total. The quantitative estimate of drug-likeness (QED) is 0.165. The molecule has 0 aliphatic carbocycles. The first-order chi connectivity index (χ1) is 20.1. The number of nitrogens with one attached hydrogen (secondary N) is 1. The maximum Gasteiger partial charge on any atom is 0.461 e. The molecule has 0 radical (unpaired) electrons. The Morgan fingerprint density at radius 1 is 0.864 bits per heavy atom. The molecule has 0 heterocycles. The fourth-order valence-electron chi connectivity index (χ4n) is 4.08. The number of halogens is 6. The third kappa shape index (κ3) is 8.25. The topological polar surface area (TPSA) is 47.6 Å². The highest BCUT2D eigenvalue weighted by atomic mass is 32.2. The van der Waals surface area contributed by atoms with E-state index in [2.05, 4.69) is 9.46 Å². The Morgan fingerprint density at radius 2 is 1.48 bits per heavy atom. The van der Waals surface area contributed by atoms with Gasteiger partial charge in [-0.15, -0.1) is 0 Å². The summed E-state index contributed by atoms with van der Waals surface area (Å²) >= 11 is 0. The Morgan fingerprint density at radius 3 is 2.00 bits per heavy atom. The van der Waals surface area contributed by atoms with Crippen molar-refractivity contribution in [3.8, 4) is 11.5 Å². The summed E-state index contributed by atoms with van der Waals surface area (Å²) in [6, 6.07) is 15.3. The second-order valence-corrected chi connectivity index (χ2v) is 19.9. The van der Waals surface area contributed by atoms with Crippen molar-refractivity contribution in [2.24, 2.45) is 0 Å². The molecule has 1 unspecified atom stereocenters. The van der Waals surface area contributed by atoms with E-state index >= 15 is 8.78 Å². The minimum absolute atomic E-state index is 0.00858. The van der Waals surface area contributed by atoms with Crippen LogP contribution in [0.4, 0.5) is 26.3 Å². The molecule has 0 saturated heterocycles. The number of alkyl halides is 4. The molecule has 1 N–H and O–H groups in total. The van der Waals surface area contributed by atoms with Crippen LogP contribution in [0.2, 0.25) is 18.1 Å². The van der Waals surface area contributed by atoms with Gasteiger partial charge >= 0.3 is 12.5 Å². The van der Waals surface area contributed by atoms with Crippen molar-refractivity contribution in [2.75, 3.05) is 0 Å². The van der Waals surface area contributed by atoms with Crippen molar-refractivity contribution >= 4 is 19.3 Å². The van der Waals surface area contributed by atoms with Crippen molar-refractivity contribution < 1.29 is 39.7 Å². The van der Waals surface area contributed by atoms with Gasteiger partial charge in [0.1, 0.15) is 17.3 Å². The maximum atomic E-state index is 15.9. The summed E-state index contributed by atoms with van der Waals surface area (Å²) in [5.41, 5.74) is -1.03.